The van der Waals surface area contributed by atoms with Crippen molar-refractivity contribution in [2.75, 3.05) is 18.9 Å². The lowest BCUT2D eigenvalue weighted by molar-refractivity contribution is -0.0363. The van der Waals surface area contributed by atoms with Gasteiger partial charge in [-0.1, -0.05) is 23.7 Å². The highest BCUT2D eigenvalue weighted by molar-refractivity contribution is 7.88. The van der Waals surface area contributed by atoms with Crippen LogP contribution in [0.3, 0.4) is 0 Å². The molecule has 1 saturated heterocycles. The molecule has 2 aromatic heterocycles. The summed E-state index contributed by atoms with van der Waals surface area (Å²) in [6.45, 7) is -0.255. The molecule has 1 aromatic carbocycles. The predicted molar refractivity (Wildman–Crippen MR) is 127 cm³/mol. The number of carbonyl (C=O) groups is 1. The van der Waals surface area contributed by atoms with Crippen molar-refractivity contribution in [2.45, 2.75) is 37.4 Å². The van der Waals surface area contributed by atoms with Gasteiger partial charge in [0.2, 0.25) is 0 Å². The highest BCUT2D eigenvalue weighted by Crippen LogP contribution is 2.33. The molecule has 0 bridgehead atoms. The van der Waals surface area contributed by atoms with Gasteiger partial charge in [0.1, 0.15) is 24.1 Å². The van der Waals surface area contributed by atoms with Gasteiger partial charge in [0.25, 0.3) is 0 Å². The van der Waals surface area contributed by atoms with Gasteiger partial charge >= 0.3 is 16.3 Å². The van der Waals surface area contributed by atoms with Crippen LogP contribution in [0.1, 0.15) is 18.2 Å². The van der Waals surface area contributed by atoms with Gasteiger partial charge in [-0.25, -0.2) is 24.5 Å². The van der Waals surface area contributed by atoms with E-state index in [4.69, 9.17) is 26.8 Å². The number of hydrogen-bond acceptors (Lipinski definition) is 11. The fourth-order valence-corrected chi connectivity index (χ4v) is 4.67. The SMILES string of the molecule is Nc1ncnc2c1ncn2[C@@H]1O[C@H](CCNS(=O)(=O)NC(=O)OCCc2cccc(Cl)c2)[C@@H](O)[C@H]1O. The van der Waals surface area contributed by atoms with Gasteiger partial charge in [-0.15, -0.1) is 0 Å². The van der Waals surface area contributed by atoms with Gasteiger partial charge in [-0.05, 0) is 24.1 Å². The topological polar surface area (TPSA) is 204 Å². The van der Waals surface area contributed by atoms with Gasteiger partial charge in [0, 0.05) is 18.0 Å². The number of rotatable bonds is 9. The zero-order valence-corrected chi connectivity index (χ0v) is 20.3. The average Bonchev–Trinajstić information content (AvgIpc) is 3.36. The van der Waals surface area contributed by atoms with Crippen LogP contribution in [0.2, 0.25) is 5.02 Å². The van der Waals surface area contributed by atoms with Gasteiger partial charge in [-0.2, -0.15) is 13.1 Å². The van der Waals surface area contributed by atoms with Crippen molar-refractivity contribution in [3.63, 3.8) is 0 Å². The maximum absolute atomic E-state index is 12.1. The molecule has 1 aliphatic rings. The van der Waals surface area contributed by atoms with E-state index in [1.54, 1.807) is 29.0 Å². The van der Waals surface area contributed by atoms with Crippen LogP contribution >= 0.6 is 11.6 Å². The van der Waals surface area contributed by atoms with Crippen LogP contribution in [-0.2, 0) is 26.1 Å². The monoisotopic (exact) mass is 541 g/mol. The van der Waals surface area contributed by atoms with E-state index in [9.17, 15) is 23.4 Å². The number of nitrogen functional groups attached to an aromatic ring is 1. The number of aliphatic hydroxyl groups excluding tert-OH is 2. The summed E-state index contributed by atoms with van der Waals surface area (Å²) in [6.07, 6.45) is -2.84. The number of nitrogens with one attached hydrogen (secondary N) is 2. The Kier molecular flexibility index (Phi) is 7.87. The highest BCUT2D eigenvalue weighted by atomic mass is 35.5. The molecule has 14 nitrogen and oxygen atoms in total. The van der Waals surface area contributed by atoms with E-state index in [1.165, 1.54) is 17.2 Å². The first kappa shape index (κ1) is 26.0. The second-order valence-corrected chi connectivity index (χ2v) is 9.87. The van der Waals surface area contributed by atoms with E-state index in [0.29, 0.717) is 22.6 Å². The Morgan fingerprint density at radius 3 is 2.83 bits per heavy atom. The summed E-state index contributed by atoms with van der Waals surface area (Å²) in [5.41, 5.74) is 7.21. The van der Waals surface area contributed by atoms with Crippen molar-refractivity contribution in [3.05, 3.63) is 47.5 Å². The van der Waals surface area contributed by atoms with Crippen LogP contribution in [-0.4, -0.2) is 75.7 Å². The van der Waals surface area contributed by atoms with E-state index >= 15 is 0 Å². The maximum atomic E-state index is 12.1. The second kappa shape index (κ2) is 10.9. The van der Waals surface area contributed by atoms with Gasteiger partial charge in [0.05, 0.1) is 19.0 Å². The average molecular weight is 542 g/mol. The van der Waals surface area contributed by atoms with Crippen LogP contribution in [0.4, 0.5) is 10.6 Å². The van der Waals surface area contributed by atoms with Gasteiger partial charge in [0.15, 0.2) is 17.7 Å². The van der Waals surface area contributed by atoms with Crippen molar-refractivity contribution in [1.29, 1.82) is 0 Å². The summed E-state index contributed by atoms with van der Waals surface area (Å²) < 4.78 is 40.2. The molecule has 1 amide bonds. The minimum atomic E-state index is -4.24. The fraction of sp³-hybridized carbons (Fsp3) is 0.400. The molecule has 1 aliphatic heterocycles. The molecule has 16 heteroatoms. The van der Waals surface area contributed by atoms with Crippen molar-refractivity contribution < 1.29 is 32.9 Å². The molecule has 4 rings (SSSR count). The van der Waals surface area contributed by atoms with Crippen molar-refractivity contribution in [1.82, 2.24) is 29.0 Å². The number of aromatic nitrogens is 4. The largest absolute Gasteiger partial charge is 0.448 e. The molecule has 0 radical (unpaired) electrons. The Morgan fingerprint density at radius 2 is 2.06 bits per heavy atom. The summed E-state index contributed by atoms with van der Waals surface area (Å²) in [4.78, 5) is 23.9. The number of hydrogen-bond donors (Lipinski definition) is 5. The summed E-state index contributed by atoms with van der Waals surface area (Å²) >= 11 is 5.89. The number of fused-ring (bicyclic) bond motifs is 1. The van der Waals surface area contributed by atoms with Crippen molar-refractivity contribution in [3.8, 4) is 0 Å². The van der Waals surface area contributed by atoms with E-state index in [1.807, 2.05) is 0 Å². The fourth-order valence-electron chi connectivity index (χ4n) is 3.72. The predicted octanol–water partition coefficient (Wildman–Crippen LogP) is -0.125. The number of amides is 1. The third-order valence-corrected chi connectivity index (χ3v) is 6.70. The Bertz CT molecular complexity index is 1340. The smallest absolute Gasteiger partial charge is 0.421 e. The number of carbonyl (C=O) groups excluding carboxylic acids is 1. The first-order valence-corrected chi connectivity index (χ1v) is 12.6. The van der Waals surface area contributed by atoms with Crippen LogP contribution in [0.5, 0.6) is 0 Å². The molecule has 194 valence electrons. The third kappa shape index (κ3) is 6.00. The Hall–Kier alpha value is -3.08. The standard InChI is InChI=1S/C20H24ClN7O7S/c21-12-3-1-2-11(8-12)5-7-34-20(31)27-36(32,33)26-6-4-13-15(29)16(30)19(35-13)28-10-25-14-17(22)23-9-24-18(14)28/h1-3,8-10,13,15-16,19,26,29-30H,4-7H2,(H,27,31)(H2,22,23,24)/t13-,15-,16-,19-/m1/s1. The molecule has 6 N–H and O–H groups in total. The maximum Gasteiger partial charge on any atom is 0.421 e. The summed E-state index contributed by atoms with van der Waals surface area (Å²) in [6, 6.07) is 6.96. The molecular weight excluding hydrogens is 518 g/mol. The summed E-state index contributed by atoms with van der Waals surface area (Å²) in [7, 11) is -4.24. The molecule has 0 spiro atoms. The number of benzene rings is 1. The molecule has 0 unspecified atom stereocenters. The quantitative estimate of drug-likeness (QED) is 0.241. The lowest BCUT2D eigenvalue weighted by atomic mass is 10.1. The Morgan fingerprint density at radius 1 is 1.25 bits per heavy atom. The van der Waals surface area contributed by atoms with Crippen molar-refractivity contribution >= 4 is 44.9 Å². The lowest BCUT2D eigenvalue weighted by Gasteiger charge is -2.16. The zero-order valence-electron chi connectivity index (χ0n) is 18.7. The first-order chi connectivity index (χ1) is 17.1. The molecule has 0 saturated carbocycles. The molecule has 3 heterocycles. The van der Waals surface area contributed by atoms with Crippen molar-refractivity contribution in [2.24, 2.45) is 0 Å². The highest BCUT2D eigenvalue weighted by Gasteiger charge is 2.44. The zero-order chi connectivity index (χ0) is 25.9. The number of imidazole rings is 1. The minimum Gasteiger partial charge on any atom is -0.448 e. The molecule has 4 atom stereocenters. The first-order valence-electron chi connectivity index (χ1n) is 10.8. The number of ether oxygens (including phenoxy) is 2. The van der Waals surface area contributed by atoms with E-state index in [2.05, 4.69) is 19.7 Å². The molecule has 0 aliphatic carbocycles. The van der Waals surface area contributed by atoms with Crippen LogP contribution in [0.15, 0.2) is 36.9 Å². The summed E-state index contributed by atoms with van der Waals surface area (Å²) in [5.74, 6) is 0.147. The van der Waals surface area contributed by atoms with Crippen LogP contribution < -0.4 is 15.2 Å². The summed E-state index contributed by atoms with van der Waals surface area (Å²) in [5, 5.41) is 21.4. The van der Waals surface area contributed by atoms with E-state index in [0.717, 1.165) is 5.56 Å². The Balaban J connectivity index is 1.25. The number of anilines is 1. The van der Waals surface area contributed by atoms with Gasteiger partial charge < -0.3 is 25.4 Å². The molecule has 3 aromatic rings. The lowest BCUT2D eigenvalue weighted by Crippen LogP contribution is -2.42. The van der Waals surface area contributed by atoms with E-state index in [-0.39, 0.29) is 25.4 Å². The van der Waals surface area contributed by atoms with Gasteiger partial charge in [-0.3, -0.25) is 4.57 Å². The molecule has 36 heavy (non-hydrogen) atoms. The van der Waals surface area contributed by atoms with Crippen LogP contribution in [0, 0.1) is 0 Å². The molecular formula is C20H24ClN7O7S. The molecule has 1 fully saturated rings. The third-order valence-electron chi connectivity index (χ3n) is 5.45. The Labute approximate surface area is 210 Å². The number of nitrogens with zero attached hydrogens (tertiary/aromatic N) is 4. The normalized spacial score (nSPS) is 22.1. The second-order valence-electron chi connectivity index (χ2n) is 7.93. The number of nitrogens with two attached hydrogens (primary N) is 1. The minimum absolute atomic E-state index is 0.0107. The number of aliphatic hydroxyl groups is 2. The van der Waals surface area contributed by atoms with E-state index < -0.39 is 40.8 Å². The van der Waals surface area contributed by atoms with Crippen LogP contribution in [0.25, 0.3) is 11.2 Å². The number of halogens is 1.